The van der Waals surface area contributed by atoms with E-state index in [1.54, 1.807) is 18.2 Å². The molecule has 4 amide bonds. The number of urea groups is 1. The van der Waals surface area contributed by atoms with Crippen LogP contribution in [0.2, 0.25) is 0 Å². The van der Waals surface area contributed by atoms with Crippen LogP contribution in [0.1, 0.15) is 69.8 Å². The molecule has 3 aliphatic heterocycles. The van der Waals surface area contributed by atoms with Gasteiger partial charge in [-0.25, -0.2) is 4.79 Å². The Labute approximate surface area is 243 Å². The number of piperidine rings is 2. The molecule has 0 radical (unpaired) electrons. The van der Waals surface area contributed by atoms with Crippen LogP contribution in [-0.2, 0) is 19.1 Å². The molecule has 4 aliphatic rings. The quantitative estimate of drug-likeness (QED) is 0.498. The van der Waals surface area contributed by atoms with E-state index in [0.29, 0.717) is 42.6 Å². The number of nitrogens with one attached hydrogen (secondary N) is 1. The van der Waals surface area contributed by atoms with Gasteiger partial charge in [0.05, 0.1) is 12.2 Å². The first-order chi connectivity index (χ1) is 19.8. The highest BCUT2D eigenvalue weighted by atomic mass is 16.5. The Morgan fingerprint density at radius 1 is 0.951 bits per heavy atom. The fraction of sp³-hybridized carbons (Fsp3) is 0.677. The van der Waals surface area contributed by atoms with Gasteiger partial charge in [0, 0.05) is 50.7 Å². The molecule has 0 spiro atoms. The minimum atomic E-state index is -0.416. The highest BCUT2D eigenvalue weighted by Gasteiger charge is 2.31. The van der Waals surface area contributed by atoms with E-state index < -0.39 is 6.03 Å². The van der Waals surface area contributed by atoms with Crippen molar-refractivity contribution in [3.8, 4) is 5.75 Å². The van der Waals surface area contributed by atoms with Crippen LogP contribution in [0.25, 0.3) is 0 Å². The molecule has 5 rings (SSSR count). The number of carbonyl (C=O) groups is 4. The number of aryl methyl sites for hydroxylation is 1. The number of benzene rings is 1. The van der Waals surface area contributed by atoms with Gasteiger partial charge in [-0.2, -0.15) is 0 Å². The molecule has 1 aromatic carbocycles. The number of hydrogen-bond acceptors (Lipinski definition) is 7. The molecule has 0 unspecified atom stereocenters. The number of aldehydes is 1. The highest BCUT2D eigenvalue weighted by Crippen LogP contribution is 2.28. The van der Waals surface area contributed by atoms with Crippen molar-refractivity contribution >= 4 is 29.8 Å². The van der Waals surface area contributed by atoms with Crippen LogP contribution < -0.4 is 15.0 Å². The van der Waals surface area contributed by atoms with Gasteiger partial charge in [0.2, 0.25) is 11.8 Å². The lowest BCUT2D eigenvalue weighted by Crippen LogP contribution is -2.49. The van der Waals surface area contributed by atoms with Crippen LogP contribution in [0.15, 0.2) is 18.2 Å². The van der Waals surface area contributed by atoms with Crippen molar-refractivity contribution in [2.75, 3.05) is 51.3 Å². The third kappa shape index (κ3) is 9.00. The van der Waals surface area contributed by atoms with Gasteiger partial charge in [-0.15, -0.1) is 0 Å². The van der Waals surface area contributed by atoms with E-state index in [1.165, 1.54) is 24.2 Å². The lowest BCUT2D eigenvalue weighted by molar-refractivity contribution is -0.140. The van der Waals surface area contributed by atoms with Gasteiger partial charge >= 0.3 is 6.03 Å². The summed E-state index contributed by atoms with van der Waals surface area (Å²) in [4.78, 5) is 51.6. The Morgan fingerprint density at radius 2 is 1.61 bits per heavy atom. The standard InChI is InChI=1S/C18H32N2O2.C13H14N2O4/c1-19-11-7-16(8-12-19)22-17-9-13-20(14-10-17)18(21)15-5-3-2-4-6-15;1-9-8-10(19-7-6-16)2-3-11(9)15-5-4-12(17)14-13(15)18/h15-17H,2-14H2,1H3;2-3,6,8H,4-5,7H2,1H3,(H,14,17,18). The largest absolute Gasteiger partial charge is 0.486 e. The van der Waals surface area contributed by atoms with Crippen molar-refractivity contribution in [3.05, 3.63) is 23.8 Å². The second kappa shape index (κ2) is 15.3. The normalized spacial score (nSPS) is 21.6. The minimum Gasteiger partial charge on any atom is -0.486 e. The van der Waals surface area contributed by atoms with Crippen molar-refractivity contribution in [3.63, 3.8) is 0 Å². The molecule has 226 valence electrons. The van der Waals surface area contributed by atoms with E-state index in [4.69, 9.17) is 9.47 Å². The maximum absolute atomic E-state index is 12.6. The molecule has 1 aromatic rings. The molecule has 1 saturated carbocycles. The Bertz CT molecular complexity index is 1040. The topological polar surface area (TPSA) is 108 Å². The monoisotopic (exact) mass is 570 g/mol. The van der Waals surface area contributed by atoms with Gasteiger partial charge in [0.1, 0.15) is 12.4 Å². The maximum atomic E-state index is 12.6. The van der Waals surface area contributed by atoms with E-state index in [1.807, 2.05) is 6.92 Å². The van der Waals surface area contributed by atoms with Crippen LogP contribution >= 0.6 is 0 Å². The first-order valence-electron chi connectivity index (χ1n) is 15.2. The first kappa shape index (κ1) is 31.0. The summed E-state index contributed by atoms with van der Waals surface area (Å²) < 4.78 is 11.5. The van der Waals surface area contributed by atoms with Crippen molar-refractivity contribution in [2.24, 2.45) is 5.92 Å². The zero-order valence-corrected chi connectivity index (χ0v) is 24.6. The fourth-order valence-electron chi connectivity index (χ4n) is 6.16. The summed E-state index contributed by atoms with van der Waals surface area (Å²) in [6.45, 7) is 6.33. The van der Waals surface area contributed by atoms with Gasteiger partial charge in [-0.1, -0.05) is 19.3 Å². The predicted molar refractivity (Wildman–Crippen MR) is 156 cm³/mol. The SMILES string of the molecule is CN1CCC(OC2CCN(C(=O)C3CCCCC3)CC2)CC1.Cc1cc(OCC=O)ccc1N1CCC(=O)NC1=O. The smallest absolute Gasteiger partial charge is 0.328 e. The molecule has 10 heteroatoms. The van der Waals surface area contributed by atoms with E-state index in [9.17, 15) is 19.2 Å². The van der Waals surface area contributed by atoms with Crippen molar-refractivity contribution in [2.45, 2.75) is 83.3 Å². The molecular weight excluding hydrogens is 524 g/mol. The summed E-state index contributed by atoms with van der Waals surface area (Å²) in [6, 6.07) is 4.77. The average molecular weight is 571 g/mol. The Morgan fingerprint density at radius 3 is 2.22 bits per heavy atom. The van der Waals surface area contributed by atoms with Crippen molar-refractivity contribution in [1.29, 1.82) is 0 Å². The lowest BCUT2D eigenvalue weighted by atomic mass is 9.88. The predicted octanol–water partition coefficient (Wildman–Crippen LogP) is 3.69. The third-order valence-corrected chi connectivity index (χ3v) is 8.59. The Balaban J connectivity index is 0.000000191. The summed E-state index contributed by atoms with van der Waals surface area (Å²) in [7, 11) is 2.19. The highest BCUT2D eigenvalue weighted by molar-refractivity contribution is 6.05. The lowest BCUT2D eigenvalue weighted by Gasteiger charge is -2.37. The molecule has 0 atom stereocenters. The van der Waals surface area contributed by atoms with Gasteiger partial charge in [-0.05, 0) is 76.3 Å². The number of hydrogen-bond donors (Lipinski definition) is 1. The molecule has 41 heavy (non-hydrogen) atoms. The summed E-state index contributed by atoms with van der Waals surface area (Å²) in [5.74, 6) is 1.06. The number of imide groups is 1. The number of carbonyl (C=O) groups excluding carboxylic acids is 4. The van der Waals surface area contributed by atoms with Crippen LogP contribution in [-0.4, -0.2) is 92.5 Å². The molecule has 0 aromatic heterocycles. The number of rotatable bonds is 7. The van der Waals surface area contributed by atoms with Crippen LogP contribution in [0.4, 0.5) is 10.5 Å². The molecule has 10 nitrogen and oxygen atoms in total. The number of likely N-dealkylation sites (tertiary alicyclic amines) is 2. The first-order valence-corrected chi connectivity index (χ1v) is 15.2. The van der Waals surface area contributed by atoms with E-state index >= 15 is 0 Å². The summed E-state index contributed by atoms with van der Waals surface area (Å²) in [6.07, 6.45) is 12.2. The minimum absolute atomic E-state index is 0.00249. The Hall–Kier alpha value is -2.98. The van der Waals surface area contributed by atoms with Gasteiger partial charge < -0.3 is 19.3 Å². The van der Waals surface area contributed by atoms with Gasteiger partial charge in [0.15, 0.2) is 6.29 Å². The molecule has 3 saturated heterocycles. The average Bonchev–Trinajstić information content (AvgIpc) is 2.99. The zero-order chi connectivity index (χ0) is 29.2. The number of amides is 4. The molecule has 1 N–H and O–H groups in total. The van der Waals surface area contributed by atoms with Crippen LogP contribution in [0.3, 0.4) is 0 Å². The van der Waals surface area contributed by atoms with E-state index in [2.05, 4.69) is 22.2 Å². The van der Waals surface area contributed by atoms with Crippen molar-refractivity contribution in [1.82, 2.24) is 15.1 Å². The van der Waals surface area contributed by atoms with E-state index in [0.717, 1.165) is 76.0 Å². The second-order valence-corrected chi connectivity index (χ2v) is 11.7. The molecule has 3 heterocycles. The van der Waals surface area contributed by atoms with Gasteiger partial charge in [0.25, 0.3) is 0 Å². The fourth-order valence-corrected chi connectivity index (χ4v) is 6.16. The van der Waals surface area contributed by atoms with Crippen LogP contribution in [0, 0.1) is 12.8 Å². The molecule has 0 bridgehead atoms. The number of ether oxygens (including phenoxy) is 2. The van der Waals surface area contributed by atoms with Gasteiger partial charge in [-0.3, -0.25) is 24.6 Å². The molecule has 4 fully saturated rings. The summed E-state index contributed by atoms with van der Waals surface area (Å²) in [5, 5.41) is 2.27. The Kier molecular flexibility index (Phi) is 11.6. The van der Waals surface area contributed by atoms with Crippen LogP contribution in [0.5, 0.6) is 5.75 Å². The summed E-state index contributed by atoms with van der Waals surface area (Å²) in [5.41, 5.74) is 1.57. The van der Waals surface area contributed by atoms with E-state index in [-0.39, 0.29) is 18.9 Å². The molecular formula is C31H46N4O6. The van der Waals surface area contributed by atoms with Crippen molar-refractivity contribution < 1.29 is 28.7 Å². The maximum Gasteiger partial charge on any atom is 0.328 e. The second-order valence-electron chi connectivity index (χ2n) is 11.7. The summed E-state index contributed by atoms with van der Waals surface area (Å²) >= 11 is 0. The molecule has 1 aliphatic carbocycles. The number of anilines is 1. The third-order valence-electron chi connectivity index (χ3n) is 8.59. The number of nitrogens with zero attached hydrogens (tertiary/aromatic N) is 3. The zero-order valence-electron chi connectivity index (χ0n) is 24.6.